The van der Waals surface area contributed by atoms with Crippen LogP contribution in [0.4, 0.5) is 5.69 Å². The second kappa shape index (κ2) is 9.22. The van der Waals surface area contributed by atoms with Crippen LogP contribution >= 0.6 is 0 Å². The lowest BCUT2D eigenvalue weighted by molar-refractivity contribution is -0.136. The van der Waals surface area contributed by atoms with Gasteiger partial charge in [-0.3, -0.25) is 9.59 Å². The molecular weight excluding hydrogens is 336 g/mol. The number of methoxy groups -OCH3 is 2. The molecule has 2 aromatic rings. The lowest BCUT2D eigenvalue weighted by atomic mass is 10.1. The molecule has 2 N–H and O–H groups in total. The zero-order valence-corrected chi connectivity index (χ0v) is 14.6. The Morgan fingerprint density at radius 3 is 2.46 bits per heavy atom. The molecule has 0 fully saturated rings. The van der Waals surface area contributed by atoms with Gasteiger partial charge in [0.15, 0.2) is 0 Å². The highest BCUT2D eigenvalue weighted by Crippen LogP contribution is 2.17. The first-order chi connectivity index (χ1) is 12.5. The normalized spacial score (nSPS) is 9.92. The van der Waals surface area contributed by atoms with Crippen LogP contribution in [0, 0.1) is 0 Å². The zero-order chi connectivity index (χ0) is 18.9. The standard InChI is InChI=1S/C19H20N2O5/c1-25-16-9-4-3-6-13(16)10-11-20-17(22)18(23)21-15-8-5-7-14(12-15)19(24)26-2/h3-9,12H,10-11H2,1-2H3,(H,20,22)(H,21,23). The van der Waals surface area contributed by atoms with Crippen LogP contribution in [0.1, 0.15) is 15.9 Å². The van der Waals surface area contributed by atoms with E-state index in [2.05, 4.69) is 15.4 Å². The van der Waals surface area contributed by atoms with Crippen molar-refractivity contribution in [1.82, 2.24) is 5.32 Å². The Morgan fingerprint density at radius 2 is 1.73 bits per heavy atom. The summed E-state index contributed by atoms with van der Waals surface area (Å²) in [5.41, 5.74) is 1.54. The van der Waals surface area contributed by atoms with E-state index in [1.165, 1.54) is 13.2 Å². The van der Waals surface area contributed by atoms with Crippen molar-refractivity contribution < 1.29 is 23.9 Å². The van der Waals surface area contributed by atoms with Gasteiger partial charge in [-0.15, -0.1) is 0 Å². The monoisotopic (exact) mass is 356 g/mol. The molecule has 0 saturated heterocycles. The van der Waals surface area contributed by atoms with E-state index in [-0.39, 0.29) is 12.1 Å². The van der Waals surface area contributed by atoms with Crippen LogP contribution in [-0.4, -0.2) is 38.5 Å². The summed E-state index contributed by atoms with van der Waals surface area (Å²) in [6.45, 7) is 0.287. The predicted molar refractivity (Wildman–Crippen MR) is 96.1 cm³/mol. The largest absolute Gasteiger partial charge is 0.496 e. The van der Waals surface area contributed by atoms with Gasteiger partial charge in [0.2, 0.25) is 0 Å². The van der Waals surface area contributed by atoms with E-state index in [4.69, 9.17) is 4.74 Å². The van der Waals surface area contributed by atoms with Crippen LogP contribution in [0.15, 0.2) is 48.5 Å². The number of anilines is 1. The van der Waals surface area contributed by atoms with Gasteiger partial charge in [-0.1, -0.05) is 24.3 Å². The number of carbonyl (C=O) groups excluding carboxylic acids is 3. The summed E-state index contributed by atoms with van der Waals surface area (Å²) in [5.74, 6) is -1.37. The molecule has 0 aliphatic rings. The molecule has 2 amide bonds. The van der Waals surface area contributed by atoms with Crippen LogP contribution in [0.5, 0.6) is 5.75 Å². The first-order valence-electron chi connectivity index (χ1n) is 7.94. The Kier molecular flexibility index (Phi) is 6.73. The van der Waals surface area contributed by atoms with Crippen molar-refractivity contribution in [3.63, 3.8) is 0 Å². The van der Waals surface area contributed by atoms with Crippen molar-refractivity contribution >= 4 is 23.5 Å². The fourth-order valence-corrected chi connectivity index (χ4v) is 2.33. The lowest BCUT2D eigenvalue weighted by Gasteiger charge is -2.09. The first kappa shape index (κ1) is 19.0. The molecule has 0 saturated carbocycles. The van der Waals surface area contributed by atoms with Gasteiger partial charge in [-0.2, -0.15) is 0 Å². The average Bonchev–Trinajstić information content (AvgIpc) is 2.67. The SMILES string of the molecule is COC(=O)c1cccc(NC(=O)C(=O)NCCc2ccccc2OC)c1. The van der Waals surface area contributed by atoms with Crippen molar-refractivity contribution in [2.24, 2.45) is 0 Å². The fourth-order valence-electron chi connectivity index (χ4n) is 2.33. The van der Waals surface area contributed by atoms with Gasteiger partial charge in [0.1, 0.15) is 5.75 Å². The summed E-state index contributed by atoms with van der Waals surface area (Å²) in [7, 11) is 2.84. The van der Waals surface area contributed by atoms with E-state index >= 15 is 0 Å². The molecule has 0 heterocycles. The van der Waals surface area contributed by atoms with Crippen molar-refractivity contribution in [1.29, 1.82) is 0 Å². The molecule has 7 heteroatoms. The summed E-state index contributed by atoms with van der Waals surface area (Å²) in [5, 5.41) is 5.00. The van der Waals surface area contributed by atoms with Gasteiger partial charge in [-0.25, -0.2) is 4.79 Å². The predicted octanol–water partition coefficient (Wildman–Crippen LogP) is 1.78. The molecule has 2 aromatic carbocycles. The average molecular weight is 356 g/mol. The van der Waals surface area contributed by atoms with Crippen molar-refractivity contribution in [2.45, 2.75) is 6.42 Å². The summed E-state index contributed by atoms with van der Waals surface area (Å²) in [4.78, 5) is 35.4. The quantitative estimate of drug-likeness (QED) is 0.608. The second-order valence-electron chi connectivity index (χ2n) is 5.34. The van der Waals surface area contributed by atoms with Gasteiger partial charge >= 0.3 is 17.8 Å². The Labute approximate surface area is 151 Å². The second-order valence-corrected chi connectivity index (χ2v) is 5.34. The van der Waals surface area contributed by atoms with E-state index in [9.17, 15) is 14.4 Å². The number of amides is 2. The lowest BCUT2D eigenvalue weighted by Crippen LogP contribution is -2.36. The molecule has 0 aliphatic carbocycles. The number of nitrogens with one attached hydrogen (secondary N) is 2. The maximum atomic E-state index is 12.0. The number of hydrogen-bond donors (Lipinski definition) is 2. The Morgan fingerprint density at radius 1 is 0.962 bits per heavy atom. The third-order valence-electron chi connectivity index (χ3n) is 3.62. The van der Waals surface area contributed by atoms with Gasteiger partial charge in [0.05, 0.1) is 19.8 Å². The van der Waals surface area contributed by atoms with Gasteiger partial charge in [-0.05, 0) is 36.2 Å². The Bertz CT molecular complexity index is 804. The maximum Gasteiger partial charge on any atom is 0.337 e. The van der Waals surface area contributed by atoms with Gasteiger partial charge in [0, 0.05) is 12.2 Å². The van der Waals surface area contributed by atoms with E-state index in [1.807, 2.05) is 24.3 Å². The maximum absolute atomic E-state index is 12.0. The van der Waals surface area contributed by atoms with Crippen LogP contribution in [-0.2, 0) is 20.7 Å². The van der Waals surface area contributed by atoms with Crippen LogP contribution in [0.25, 0.3) is 0 Å². The van der Waals surface area contributed by atoms with Crippen LogP contribution in [0.3, 0.4) is 0 Å². The van der Waals surface area contributed by atoms with Crippen LogP contribution in [0.2, 0.25) is 0 Å². The zero-order valence-electron chi connectivity index (χ0n) is 14.6. The number of ether oxygens (including phenoxy) is 2. The van der Waals surface area contributed by atoms with Gasteiger partial charge in [0.25, 0.3) is 0 Å². The van der Waals surface area contributed by atoms with Gasteiger partial charge < -0.3 is 20.1 Å². The molecule has 0 unspecified atom stereocenters. The van der Waals surface area contributed by atoms with Crippen molar-refractivity contribution in [2.75, 3.05) is 26.1 Å². The van der Waals surface area contributed by atoms with Crippen molar-refractivity contribution in [3.8, 4) is 5.75 Å². The molecule has 0 aromatic heterocycles. The van der Waals surface area contributed by atoms with E-state index in [0.717, 1.165) is 11.3 Å². The molecule has 0 radical (unpaired) electrons. The molecule has 7 nitrogen and oxygen atoms in total. The highest BCUT2D eigenvalue weighted by molar-refractivity contribution is 6.39. The molecular formula is C19H20N2O5. The highest BCUT2D eigenvalue weighted by Gasteiger charge is 2.14. The van der Waals surface area contributed by atoms with E-state index < -0.39 is 17.8 Å². The van der Waals surface area contributed by atoms with Crippen molar-refractivity contribution in [3.05, 3.63) is 59.7 Å². The molecule has 0 aliphatic heterocycles. The third kappa shape index (κ3) is 5.07. The summed E-state index contributed by atoms with van der Waals surface area (Å²) in [6.07, 6.45) is 0.529. The highest BCUT2D eigenvalue weighted by atomic mass is 16.5. The number of carbonyl (C=O) groups is 3. The summed E-state index contributed by atoms with van der Waals surface area (Å²) < 4.78 is 9.86. The molecule has 0 atom stereocenters. The summed E-state index contributed by atoms with van der Waals surface area (Å²) >= 11 is 0. The minimum Gasteiger partial charge on any atom is -0.496 e. The van der Waals surface area contributed by atoms with Crippen LogP contribution < -0.4 is 15.4 Å². The number of hydrogen-bond acceptors (Lipinski definition) is 5. The Balaban J connectivity index is 1.88. The molecule has 26 heavy (non-hydrogen) atoms. The minimum atomic E-state index is -0.813. The minimum absolute atomic E-state index is 0.280. The van der Waals surface area contributed by atoms with E-state index in [1.54, 1.807) is 25.3 Å². The molecule has 0 spiro atoms. The first-order valence-corrected chi connectivity index (χ1v) is 7.94. The smallest absolute Gasteiger partial charge is 0.337 e. The number of benzene rings is 2. The number of esters is 1. The number of rotatable bonds is 6. The fraction of sp³-hybridized carbons (Fsp3) is 0.211. The number of para-hydroxylation sites is 1. The third-order valence-corrected chi connectivity index (χ3v) is 3.62. The van der Waals surface area contributed by atoms with E-state index in [0.29, 0.717) is 12.1 Å². The molecule has 2 rings (SSSR count). The molecule has 0 bridgehead atoms. The topological polar surface area (TPSA) is 93.7 Å². The summed E-state index contributed by atoms with van der Waals surface area (Å²) in [6, 6.07) is 13.6. The molecule has 136 valence electrons. The Hall–Kier alpha value is -3.35.